The summed E-state index contributed by atoms with van der Waals surface area (Å²) in [5, 5.41) is 10.8. The van der Waals surface area contributed by atoms with E-state index in [0.717, 1.165) is 22.2 Å². The Morgan fingerprint density at radius 3 is 2.66 bits per heavy atom. The maximum absolute atomic E-state index is 14.6. The van der Waals surface area contributed by atoms with E-state index in [4.69, 9.17) is 16.3 Å². The van der Waals surface area contributed by atoms with Crippen molar-refractivity contribution in [3.63, 3.8) is 0 Å². The molecule has 5 aromatic rings. The molecule has 0 aliphatic heterocycles. The van der Waals surface area contributed by atoms with Gasteiger partial charge < -0.3 is 4.74 Å². The van der Waals surface area contributed by atoms with Crippen molar-refractivity contribution < 1.29 is 31.1 Å². The van der Waals surface area contributed by atoms with E-state index < -0.39 is 55.8 Å². The molecule has 0 atom stereocenters. The van der Waals surface area contributed by atoms with E-state index in [1.807, 2.05) is 4.72 Å². The number of hydrogen-bond donors (Lipinski definition) is 1. The van der Waals surface area contributed by atoms with Crippen LogP contribution >= 0.6 is 22.9 Å². The number of ether oxygens (including phenoxy) is 1. The minimum atomic E-state index is -3.81. The molecule has 16 heteroatoms. The van der Waals surface area contributed by atoms with Gasteiger partial charge in [0, 0.05) is 33.3 Å². The lowest BCUT2D eigenvalue weighted by Gasteiger charge is -2.16. The Bertz CT molecular complexity index is 2200. The second kappa shape index (κ2) is 11.9. The maximum Gasteiger partial charge on any atom is 0.267 e. The average molecular weight is 662 g/mol. The van der Waals surface area contributed by atoms with Crippen LogP contribution in [0.5, 0.6) is 5.75 Å². The number of amides is 1. The Balaban J connectivity index is 1.50. The molecule has 0 saturated heterocycles. The number of carbonyl (C=O) groups excluding carboxylic acids is 1. The molecule has 226 valence electrons. The number of benzene rings is 2. The number of nitrogens with zero attached hydrogens (tertiary/aromatic N) is 4. The number of aromatic nitrogens is 3. The first-order chi connectivity index (χ1) is 20.8. The van der Waals surface area contributed by atoms with Gasteiger partial charge in [-0.1, -0.05) is 11.6 Å². The number of pyridine rings is 1. The molecule has 0 spiro atoms. The average Bonchev–Trinajstić information content (AvgIpc) is 3.39. The quantitative estimate of drug-likeness (QED) is 0.234. The molecule has 5 rings (SSSR count). The van der Waals surface area contributed by atoms with Crippen LogP contribution in [0.15, 0.2) is 46.7 Å². The molecule has 0 bridgehead atoms. The third-order valence-electron chi connectivity index (χ3n) is 6.54. The van der Waals surface area contributed by atoms with Crippen molar-refractivity contribution in [1.29, 1.82) is 5.26 Å². The Labute approximate surface area is 256 Å². The second-order valence-corrected chi connectivity index (χ2v) is 12.5. The monoisotopic (exact) mass is 661 g/mol. The van der Waals surface area contributed by atoms with Crippen molar-refractivity contribution in [1.82, 2.24) is 19.3 Å². The topological polar surface area (TPSA) is 144 Å². The molecule has 3 heterocycles. The first kappa shape index (κ1) is 30.9. The molecule has 10 nitrogen and oxygen atoms in total. The summed E-state index contributed by atoms with van der Waals surface area (Å²) < 4.78 is 74.4. The summed E-state index contributed by atoms with van der Waals surface area (Å²) in [6.45, 7) is 1.16. The molecule has 1 amide bonds. The Morgan fingerprint density at radius 1 is 1.23 bits per heavy atom. The summed E-state index contributed by atoms with van der Waals surface area (Å²) in [6.07, 6.45) is -0.883. The van der Waals surface area contributed by atoms with Gasteiger partial charge in [-0.3, -0.25) is 19.1 Å². The zero-order valence-corrected chi connectivity index (χ0v) is 25.1. The van der Waals surface area contributed by atoms with Crippen LogP contribution in [0, 0.1) is 24.1 Å². The first-order valence-electron chi connectivity index (χ1n) is 12.5. The fourth-order valence-corrected chi connectivity index (χ4v) is 6.30. The SMILES string of the molecule is Cc1nc2c(F)cc(C(F)F)c(C#N)c2c(=O)n1CCOc1ccc(Cl)cc1-c1ccnc2c(C(=O)NS(C)(=O)=O)csc12. The number of hydrogen-bond acceptors (Lipinski definition) is 9. The minimum Gasteiger partial charge on any atom is -0.491 e. The predicted octanol–water partition coefficient (Wildman–Crippen LogP) is 5.35. The van der Waals surface area contributed by atoms with Gasteiger partial charge in [-0.05, 0) is 37.3 Å². The second-order valence-electron chi connectivity index (χ2n) is 9.45. The summed E-state index contributed by atoms with van der Waals surface area (Å²) in [4.78, 5) is 34.2. The van der Waals surface area contributed by atoms with Gasteiger partial charge in [0.25, 0.3) is 17.9 Å². The molecule has 3 aromatic heterocycles. The number of rotatable bonds is 8. The highest BCUT2D eigenvalue weighted by Gasteiger charge is 2.24. The van der Waals surface area contributed by atoms with Gasteiger partial charge >= 0.3 is 0 Å². The van der Waals surface area contributed by atoms with Crippen LogP contribution in [0.3, 0.4) is 0 Å². The number of thiophene rings is 1. The van der Waals surface area contributed by atoms with E-state index in [1.54, 1.807) is 30.3 Å². The van der Waals surface area contributed by atoms with Crippen molar-refractivity contribution in [3.8, 4) is 22.9 Å². The highest BCUT2D eigenvalue weighted by Crippen LogP contribution is 2.39. The zero-order valence-electron chi connectivity index (χ0n) is 22.7. The van der Waals surface area contributed by atoms with E-state index >= 15 is 0 Å². The normalized spacial score (nSPS) is 11.7. The molecule has 0 radical (unpaired) electrons. The van der Waals surface area contributed by atoms with Crippen molar-refractivity contribution in [3.05, 3.63) is 85.6 Å². The van der Waals surface area contributed by atoms with Crippen LogP contribution in [-0.2, 0) is 16.6 Å². The molecular weight excluding hydrogens is 643 g/mol. The molecule has 44 heavy (non-hydrogen) atoms. The van der Waals surface area contributed by atoms with E-state index in [9.17, 15) is 36.4 Å². The van der Waals surface area contributed by atoms with Crippen LogP contribution in [0.2, 0.25) is 5.02 Å². The van der Waals surface area contributed by atoms with E-state index in [0.29, 0.717) is 32.7 Å². The number of carbonyl (C=O) groups is 1. The van der Waals surface area contributed by atoms with Crippen LogP contribution in [0.1, 0.15) is 33.7 Å². The van der Waals surface area contributed by atoms with Crippen LogP contribution in [0.25, 0.3) is 32.2 Å². The standard InChI is InChI=1S/C28H19ClF3N5O5S2/c1-13-35-24-20(30)10-17(26(31)32)18(11-33)22(24)28(39)37(13)7-8-42-21-4-3-14(29)9-16(21)15-5-6-34-23-19(12-43-25(15)23)27(38)36-44(2,40)41/h3-6,9-10,12,26H,7-8H2,1-2H3,(H,36,38). The van der Waals surface area contributed by atoms with Crippen LogP contribution in [0.4, 0.5) is 13.2 Å². The van der Waals surface area contributed by atoms with Crippen molar-refractivity contribution >= 4 is 60.0 Å². The minimum absolute atomic E-state index is 0.0589. The number of halogens is 4. The first-order valence-corrected chi connectivity index (χ1v) is 15.7. The lowest BCUT2D eigenvalue weighted by molar-refractivity contribution is 0.0983. The number of aryl methyl sites for hydroxylation is 1. The van der Waals surface area contributed by atoms with Crippen LogP contribution < -0.4 is 15.0 Å². The highest BCUT2D eigenvalue weighted by molar-refractivity contribution is 7.89. The summed E-state index contributed by atoms with van der Waals surface area (Å²) in [5.74, 6) is -1.58. The van der Waals surface area contributed by atoms with Gasteiger partial charge in [-0.15, -0.1) is 11.3 Å². The molecule has 0 aliphatic carbocycles. The highest BCUT2D eigenvalue weighted by atomic mass is 35.5. The van der Waals surface area contributed by atoms with Gasteiger partial charge in [0.15, 0.2) is 0 Å². The Kier molecular flexibility index (Phi) is 8.34. The van der Waals surface area contributed by atoms with E-state index in [2.05, 4.69) is 9.97 Å². The number of fused-ring (bicyclic) bond motifs is 2. The summed E-state index contributed by atoms with van der Waals surface area (Å²) in [5.41, 5.74) is -1.51. The molecular formula is C28H19ClF3N5O5S2. The molecule has 0 aliphatic rings. The lowest BCUT2D eigenvalue weighted by Crippen LogP contribution is -2.29. The number of nitrogens with one attached hydrogen (secondary N) is 1. The van der Waals surface area contributed by atoms with E-state index in [1.165, 1.54) is 18.5 Å². The third-order valence-corrected chi connectivity index (χ3v) is 8.33. The summed E-state index contributed by atoms with van der Waals surface area (Å²) in [6, 6.07) is 8.52. The molecule has 0 fully saturated rings. The fourth-order valence-electron chi connectivity index (χ4n) is 4.65. The van der Waals surface area contributed by atoms with E-state index in [-0.39, 0.29) is 30.1 Å². The largest absolute Gasteiger partial charge is 0.491 e. The fraction of sp³-hybridized carbons (Fsp3) is 0.179. The summed E-state index contributed by atoms with van der Waals surface area (Å²) >= 11 is 7.44. The van der Waals surface area contributed by atoms with Crippen LogP contribution in [-0.4, -0.2) is 41.7 Å². The van der Waals surface area contributed by atoms with Gasteiger partial charge in [0.05, 0.1) is 39.5 Å². The predicted molar refractivity (Wildman–Crippen MR) is 158 cm³/mol. The van der Waals surface area contributed by atoms with Gasteiger partial charge in [0.1, 0.15) is 35.6 Å². The lowest BCUT2D eigenvalue weighted by atomic mass is 10.0. The molecule has 0 saturated carbocycles. The van der Waals surface area contributed by atoms with Gasteiger partial charge in [-0.25, -0.2) is 31.3 Å². The van der Waals surface area contributed by atoms with Crippen molar-refractivity contribution in [2.75, 3.05) is 12.9 Å². The molecule has 1 N–H and O–H groups in total. The summed E-state index contributed by atoms with van der Waals surface area (Å²) in [7, 11) is -3.81. The maximum atomic E-state index is 14.6. The van der Waals surface area contributed by atoms with Crippen molar-refractivity contribution in [2.45, 2.75) is 19.9 Å². The number of nitriles is 1. The molecule has 0 unspecified atom stereocenters. The van der Waals surface area contributed by atoms with Gasteiger partial charge in [-0.2, -0.15) is 5.26 Å². The third kappa shape index (κ3) is 5.83. The smallest absolute Gasteiger partial charge is 0.267 e. The number of sulfonamides is 1. The number of alkyl halides is 2. The van der Waals surface area contributed by atoms with Gasteiger partial charge in [0.2, 0.25) is 10.0 Å². The zero-order chi connectivity index (χ0) is 31.9. The Morgan fingerprint density at radius 2 is 1.98 bits per heavy atom. The Hall–Kier alpha value is -4.52. The van der Waals surface area contributed by atoms with Crippen molar-refractivity contribution in [2.24, 2.45) is 0 Å². The molecule has 2 aromatic carbocycles.